The normalized spacial score (nSPS) is 19.2. The third kappa shape index (κ3) is 7.16. The first-order chi connectivity index (χ1) is 11.3. The molecule has 1 saturated heterocycles. The molecule has 0 aromatic heterocycles. The fraction of sp³-hybridized carbons (Fsp3) is 0.812. The topological polar surface area (TPSA) is 125 Å². The van der Waals surface area contributed by atoms with E-state index in [1.54, 1.807) is 0 Å². The fourth-order valence-corrected chi connectivity index (χ4v) is 3.02. The number of likely N-dealkylation sites (tertiary alicyclic amines) is 1. The SMILES string of the molecule is CC(C)CC(CNC(=O)NCCCN1CCCC1C(N)=O)C(=O)O. The molecule has 24 heavy (non-hydrogen) atoms. The number of nitrogens with zero attached hydrogens (tertiary/aromatic N) is 1. The molecule has 0 saturated carbocycles. The molecule has 8 heteroatoms. The molecule has 1 heterocycles. The van der Waals surface area contributed by atoms with Crippen LogP contribution in [0.5, 0.6) is 0 Å². The van der Waals surface area contributed by atoms with Crippen molar-refractivity contribution in [1.29, 1.82) is 0 Å². The summed E-state index contributed by atoms with van der Waals surface area (Å²) in [5.74, 6) is -1.50. The lowest BCUT2D eigenvalue weighted by atomic mass is 9.97. The van der Waals surface area contributed by atoms with Crippen molar-refractivity contribution in [3.63, 3.8) is 0 Å². The molecule has 0 aromatic rings. The fourth-order valence-electron chi connectivity index (χ4n) is 3.02. The number of hydrogen-bond donors (Lipinski definition) is 4. The van der Waals surface area contributed by atoms with Crippen LogP contribution in [0.2, 0.25) is 0 Å². The first kappa shape index (κ1) is 20.2. The van der Waals surface area contributed by atoms with Crippen LogP contribution < -0.4 is 16.4 Å². The zero-order chi connectivity index (χ0) is 18.1. The number of aliphatic carboxylic acids is 1. The summed E-state index contributed by atoms with van der Waals surface area (Å²) in [5, 5.41) is 14.4. The van der Waals surface area contributed by atoms with Crippen LogP contribution in [0.3, 0.4) is 0 Å². The van der Waals surface area contributed by atoms with Crippen molar-refractivity contribution in [1.82, 2.24) is 15.5 Å². The highest BCUT2D eigenvalue weighted by atomic mass is 16.4. The van der Waals surface area contributed by atoms with Crippen molar-refractivity contribution in [3.8, 4) is 0 Å². The third-order valence-corrected chi connectivity index (χ3v) is 4.21. The van der Waals surface area contributed by atoms with Gasteiger partial charge in [-0.05, 0) is 38.1 Å². The molecule has 3 amide bonds. The van der Waals surface area contributed by atoms with Crippen molar-refractivity contribution in [2.45, 2.75) is 45.6 Å². The van der Waals surface area contributed by atoms with Crippen LogP contribution in [-0.4, -0.2) is 60.1 Å². The monoisotopic (exact) mass is 342 g/mol. The quantitative estimate of drug-likeness (QED) is 0.427. The maximum Gasteiger partial charge on any atom is 0.314 e. The molecular formula is C16H30N4O4. The van der Waals surface area contributed by atoms with E-state index in [0.29, 0.717) is 25.9 Å². The van der Waals surface area contributed by atoms with Crippen LogP contribution in [0.4, 0.5) is 4.79 Å². The molecule has 138 valence electrons. The van der Waals surface area contributed by atoms with Crippen LogP contribution in [0.25, 0.3) is 0 Å². The lowest BCUT2D eigenvalue weighted by Gasteiger charge is -2.21. The van der Waals surface area contributed by atoms with Gasteiger partial charge in [-0.1, -0.05) is 13.8 Å². The summed E-state index contributed by atoms with van der Waals surface area (Å²) in [7, 11) is 0. The average molecular weight is 342 g/mol. The maximum atomic E-state index is 11.7. The summed E-state index contributed by atoms with van der Waals surface area (Å²) in [6, 6.07) is -0.552. The van der Waals surface area contributed by atoms with Crippen molar-refractivity contribution in [3.05, 3.63) is 0 Å². The van der Waals surface area contributed by atoms with Crippen LogP contribution >= 0.6 is 0 Å². The minimum atomic E-state index is -0.893. The van der Waals surface area contributed by atoms with Crippen molar-refractivity contribution < 1.29 is 19.5 Å². The van der Waals surface area contributed by atoms with E-state index >= 15 is 0 Å². The summed E-state index contributed by atoms with van der Waals surface area (Å²) in [6.45, 7) is 6.06. The number of carboxylic acids is 1. The van der Waals surface area contributed by atoms with Crippen LogP contribution in [0.1, 0.15) is 39.5 Å². The Balaban J connectivity index is 2.19. The largest absolute Gasteiger partial charge is 0.481 e. The molecule has 5 N–H and O–H groups in total. The van der Waals surface area contributed by atoms with Gasteiger partial charge >= 0.3 is 12.0 Å². The minimum absolute atomic E-state index is 0.120. The number of rotatable bonds is 10. The van der Waals surface area contributed by atoms with Crippen molar-refractivity contribution in [2.75, 3.05) is 26.2 Å². The van der Waals surface area contributed by atoms with E-state index < -0.39 is 11.9 Å². The number of carboxylic acid groups (broad SMARTS) is 1. The Morgan fingerprint density at radius 2 is 2.00 bits per heavy atom. The van der Waals surface area contributed by atoms with E-state index in [1.165, 1.54) is 0 Å². The molecule has 0 bridgehead atoms. The van der Waals surface area contributed by atoms with Gasteiger partial charge in [0.1, 0.15) is 0 Å². The van der Waals surface area contributed by atoms with E-state index in [4.69, 9.17) is 10.8 Å². The number of primary amides is 1. The van der Waals surface area contributed by atoms with Gasteiger partial charge in [0.25, 0.3) is 0 Å². The van der Waals surface area contributed by atoms with Gasteiger partial charge in [0.05, 0.1) is 12.0 Å². The van der Waals surface area contributed by atoms with Gasteiger partial charge in [0.2, 0.25) is 5.91 Å². The molecule has 2 atom stereocenters. The predicted octanol–water partition coefficient (Wildman–Crippen LogP) is 0.372. The van der Waals surface area contributed by atoms with Gasteiger partial charge in [0.15, 0.2) is 0 Å². The Bertz CT molecular complexity index is 442. The molecule has 1 rings (SSSR count). The van der Waals surface area contributed by atoms with E-state index in [0.717, 1.165) is 19.4 Å². The van der Waals surface area contributed by atoms with E-state index in [-0.39, 0.29) is 30.4 Å². The Morgan fingerprint density at radius 1 is 1.29 bits per heavy atom. The Morgan fingerprint density at radius 3 is 2.58 bits per heavy atom. The van der Waals surface area contributed by atoms with Gasteiger partial charge in [0, 0.05) is 19.6 Å². The van der Waals surface area contributed by atoms with Gasteiger partial charge in [-0.15, -0.1) is 0 Å². The predicted molar refractivity (Wildman–Crippen MR) is 90.4 cm³/mol. The summed E-state index contributed by atoms with van der Waals surface area (Å²) < 4.78 is 0. The summed E-state index contributed by atoms with van der Waals surface area (Å²) in [4.78, 5) is 36.2. The standard InChI is InChI=1S/C16H30N4O4/c1-11(2)9-12(15(22)23)10-19-16(24)18-6-4-8-20-7-3-5-13(20)14(17)21/h11-13H,3-10H2,1-2H3,(H2,17,21)(H,22,23)(H2,18,19,24). The Hall–Kier alpha value is -1.83. The number of amides is 3. The molecule has 1 aliphatic rings. The second-order valence-electron chi connectivity index (χ2n) is 6.75. The Labute approximate surface area is 143 Å². The van der Waals surface area contributed by atoms with Crippen LogP contribution in [0, 0.1) is 11.8 Å². The molecule has 0 aromatic carbocycles. The van der Waals surface area contributed by atoms with E-state index in [1.807, 2.05) is 18.7 Å². The lowest BCUT2D eigenvalue weighted by Crippen LogP contribution is -2.43. The lowest BCUT2D eigenvalue weighted by molar-refractivity contribution is -0.142. The van der Waals surface area contributed by atoms with Gasteiger partial charge in [-0.2, -0.15) is 0 Å². The number of carbonyl (C=O) groups excluding carboxylic acids is 2. The highest BCUT2D eigenvalue weighted by Crippen LogP contribution is 2.16. The van der Waals surface area contributed by atoms with Gasteiger partial charge < -0.3 is 21.5 Å². The first-order valence-electron chi connectivity index (χ1n) is 8.59. The van der Waals surface area contributed by atoms with Gasteiger partial charge in [-0.3, -0.25) is 14.5 Å². The molecule has 8 nitrogen and oxygen atoms in total. The van der Waals surface area contributed by atoms with Gasteiger partial charge in [-0.25, -0.2) is 4.79 Å². The number of carbonyl (C=O) groups is 3. The minimum Gasteiger partial charge on any atom is -0.481 e. The molecular weight excluding hydrogens is 312 g/mol. The molecule has 1 fully saturated rings. The second-order valence-corrected chi connectivity index (χ2v) is 6.75. The van der Waals surface area contributed by atoms with Crippen LogP contribution in [-0.2, 0) is 9.59 Å². The summed E-state index contributed by atoms with van der Waals surface area (Å²) in [6.07, 6.45) is 3.01. The molecule has 1 aliphatic heterocycles. The van der Waals surface area contributed by atoms with Crippen molar-refractivity contribution in [2.24, 2.45) is 17.6 Å². The van der Waals surface area contributed by atoms with E-state index in [9.17, 15) is 14.4 Å². The number of hydrogen-bond acceptors (Lipinski definition) is 4. The average Bonchev–Trinajstić information content (AvgIpc) is 2.96. The smallest absolute Gasteiger partial charge is 0.314 e. The van der Waals surface area contributed by atoms with E-state index in [2.05, 4.69) is 10.6 Å². The number of urea groups is 1. The maximum absolute atomic E-state index is 11.7. The number of nitrogens with two attached hydrogens (primary N) is 1. The highest BCUT2D eigenvalue weighted by Gasteiger charge is 2.28. The molecule has 0 radical (unpaired) electrons. The summed E-state index contributed by atoms with van der Waals surface area (Å²) >= 11 is 0. The zero-order valence-corrected chi connectivity index (χ0v) is 14.6. The Kier molecular flexibility index (Phi) is 8.53. The first-order valence-corrected chi connectivity index (χ1v) is 8.59. The summed E-state index contributed by atoms with van der Waals surface area (Å²) in [5.41, 5.74) is 5.36. The molecule has 0 aliphatic carbocycles. The second kappa shape index (κ2) is 10.1. The zero-order valence-electron chi connectivity index (χ0n) is 14.6. The molecule has 0 spiro atoms. The van der Waals surface area contributed by atoms with Crippen molar-refractivity contribution >= 4 is 17.9 Å². The third-order valence-electron chi connectivity index (χ3n) is 4.21. The highest BCUT2D eigenvalue weighted by molar-refractivity contribution is 5.80. The molecule has 2 unspecified atom stereocenters. The number of nitrogens with one attached hydrogen (secondary N) is 2. The van der Waals surface area contributed by atoms with Crippen LogP contribution in [0.15, 0.2) is 0 Å².